The first-order valence-electron chi connectivity index (χ1n) is 7.34. The number of aromatic hydroxyl groups is 1. The molecule has 2 aromatic rings. The van der Waals surface area contributed by atoms with Crippen molar-refractivity contribution in [2.24, 2.45) is 4.99 Å². The van der Waals surface area contributed by atoms with E-state index in [1.165, 1.54) is 0 Å². The van der Waals surface area contributed by atoms with E-state index >= 15 is 0 Å². The highest BCUT2D eigenvalue weighted by Crippen LogP contribution is 2.26. The fourth-order valence-electron chi connectivity index (χ4n) is 2.52. The Morgan fingerprint density at radius 2 is 2.24 bits per heavy atom. The fourth-order valence-corrected chi connectivity index (χ4v) is 2.52. The number of aliphatic imine (C=N–C) groups is 1. The van der Waals surface area contributed by atoms with Gasteiger partial charge in [-0.15, -0.1) is 0 Å². The number of hydrogen-bond donors (Lipinski definition) is 1. The largest absolute Gasteiger partial charge is 0.508 e. The van der Waals surface area contributed by atoms with Gasteiger partial charge < -0.3 is 9.67 Å². The Kier molecular flexibility index (Phi) is 3.86. The summed E-state index contributed by atoms with van der Waals surface area (Å²) in [6.45, 7) is 3.87. The summed E-state index contributed by atoms with van der Waals surface area (Å²) in [6, 6.07) is 7.29. The van der Waals surface area contributed by atoms with Crippen LogP contribution in [-0.2, 0) is 6.54 Å². The molecule has 1 aromatic carbocycles. The number of rotatable bonds is 3. The van der Waals surface area contributed by atoms with Crippen LogP contribution in [0.15, 0.2) is 41.5 Å². The van der Waals surface area contributed by atoms with E-state index in [-0.39, 0.29) is 5.75 Å². The minimum Gasteiger partial charge on any atom is -0.508 e. The van der Waals surface area contributed by atoms with Crippen LogP contribution < -0.4 is 0 Å². The minimum absolute atomic E-state index is 0.275. The topological polar surface area (TPSA) is 50.4 Å². The van der Waals surface area contributed by atoms with Gasteiger partial charge in [0.1, 0.15) is 11.6 Å². The maximum Gasteiger partial charge on any atom is 0.133 e. The molecule has 0 unspecified atom stereocenters. The lowest BCUT2D eigenvalue weighted by Crippen LogP contribution is -2.04. The summed E-state index contributed by atoms with van der Waals surface area (Å²) < 4.78 is 2.18. The summed E-state index contributed by atoms with van der Waals surface area (Å²) in [7, 11) is 0. The number of fused-ring (bicyclic) bond motifs is 1. The van der Waals surface area contributed by atoms with Gasteiger partial charge in [0, 0.05) is 30.8 Å². The number of benzene rings is 1. The van der Waals surface area contributed by atoms with Crippen molar-refractivity contribution in [1.82, 2.24) is 9.55 Å². The number of hydrogen-bond acceptors (Lipinski definition) is 3. The third kappa shape index (κ3) is 2.89. The monoisotopic (exact) mass is 281 g/mol. The van der Waals surface area contributed by atoms with E-state index in [9.17, 15) is 5.11 Å². The molecule has 1 N–H and O–H groups in total. The second-order valence-electron chi connectivity index (χ2n) is 5.16. The number of phenolic OH excluding ortho intramolecular Hbond substituents is 1. The molecule has 0 spiro atoms. The molecule has 0 amide bonds. The Bertz CT molecular complexity index is 698. The van der Waals surface area contributed by atoms with Crippen molar-refractivity contribution in [2.75, 3.05) is 6.54 Å². The van der Waals surface area contributed by atoms with Gasteiger partial charge in [-0.1, -0.05) is 19.1 Å². The van der Waals surface area contributed by atoms with Gasteiger partial charge >= 0.3 is 0 Å². The first kappa shape index (κ1) is 13.6. The molecule has 0 saturated heterocycles. The van der Waals surface area contributed by atoms with Crippen LogP contribution >= 0.6 is 0 Å². The van der Waals surface area contributed by atoms with Gasteiger partial charge in [-0.3, -0.25) is 4.99 Å². The number of nitrogens with zero attached hydrogens (tertiary/aromatic N) is 3. The van der Waals surface area contributed by atoms with Crippen molar-refractivity contribution in [1.29, 1.82) is 0 Å². The SMILES string of the molecule is CCCN=C1C=Cc2ncc(-c3cccc(O)c3)n2CC1. The highest BCUT2D eigenvalue weighted by Gasteiger charge is 2.13. The van der Waals surface area contributed by atoms with Crippen LogP contribution in [0.4, 0.5) is 0 Å². The smallest absolute Gasteiger partial charge is 0.133 e. The third-order valence-corrected chi connectivity index (χ3v) is 3.58. The normalized spacial score (nSPS) is 16.0. The van der Waals surface area contributed by atoms with E-state index in [0.29, 0.717) is 0 Å². The average molecular weight is 281 g/mol. The van der Waals surface area contributed by atoms with E-state index in [1.807, 2.05) is 24.4 Å². The van der Waals surface area contributed by atoms with Gasteiger partial charge in [-0.25, -0.2) is 4.98 Å². The molecule has 1 aliphatic heterocycles. The van der Waals surface area contributed by atoms with Gasteiger partial charge in [0.25, 0.3) is 0 Å². The fraction of sp³-hybridized carbons (Fsp3) is 0.294. The van der Waals surface area contributed by atoms with Gasteiger partial charge in [0.05, 0.1) is 11.9 Å². The molecule has 108 valence electrons. The zero-order valence-electron chi connectivity index (χ0n) is 12.2. The summed E-state index contributed by atoms with van der Waals surface area (Å²) >= 11 is 0. The molecule has 0 atom stereocenters. The van der Waals surface area contributed by atoms with Gasteiger partial charge in [0.15, 0.2) is 0 Å². The molecule has 2 heterocycles. The van der Waals surface area contributed by atoms with Crippen molar-refractivity contribution < 1.29 is 5.11 Å². The molecule has 1 aliphatic rings. The zero-order chi connectivity index (χ0) is 14.7. The summed E-state index contributed by atoms with van der Waals surface area (Å²) in [5.41, 5.74) is 3.14. The molecule has 0 fully saturated rings. The van der Waals surface area contributed by atoms with Gasteiger partial charge in [-0.05, 0) is 30.7 Å². The summed E-state index contributed by atoms with van der Waals surface area (Å²) in [6.07, 6.45) is 7.92. The molecular weight excluding hydrogens is 262 g/mol. The number of aromatic nitrogens is 2. The van der Waals surface area contributed by atoms with Crippen LogP contribution in [0.1, 0.15) is 25.6 Å². The quantitative estimate of drug-likeness (QED) is 0.935. The highest BCUT2D eigenvalue weighted by atomic mass is 16.3. The summed E-state index contributed by atoms with van der Waals surface area (Å²) in [5.74, 6) is 1.22. The van der Waals surface area contributed by atoms with Crippen LogP contribution in [0.25, 0.3) is 17.3 Å². The Morgan fingerprint density at radius 3 is 3.05 bits per heavy atom. The second kappa shape index (κ2) is 5.95. The highest BCUT2D eigenvalue weighted by molar-refractivity contribution is 5.98. The zero-order valence-corrected chi connectivity index (χ0v) is 12.2. The minimum atomic E-state index is 0.275. The maximum atomic E-state index is 9.65. The molecule has 0 radical (unpaired) electrons. The lowest BCUT2D eigenvalue weighted by atomic mass is 10.1. The van der Waals surface area contributed by atoms with Crippen LogP contribution in [0, 0.1) is 0 Å². The lowest BCUT2D eigenvalue weighted by Gasteiger charge is -2.09. The lowest BCUT2D eigenvalue weighted by molar-refractivity contribution is 0.475. The molecule has 21 heavy (non-hydrogen) atoms. The Balaban J connectivity index is 1.92. The van der Waals surface area contributed by atoms with Crippen LogP contribution in [0.2, 0.25) is 0 Å². The second-order valence-corrected chi connectivity index (χ2v) is 5.16. The molecule has 1 aromatic heterocycles. The molecule has 4 heteroatoms. The average Bonchev–Trinajstić information content (AvgIpc) is 2.79. The number of phenols is 1. The van der Waals surface area contributed by atoms with Crippen LogP contribution in [0.5, 0.6) is 5.75 Å². The first-order chi connectivity index (χ1) is 10.3. The molecule has 4 nitrogen and oxygen atoms in total. The molecule has 0 saturated carbocycles. The summed E-state index contributed by atoms with van der Waals surface area (Å²) in [5, 5.41) is 9.65. The van der Waals surface area contributed by atoms with Crippen molar-refractivity contribution >= 4 is 11.8 Å². The van der Waals surface area contributed by atoms with Crippen molar-refractivity contribution in [3.8, 4) is 17.0 Å². The standard InChI is InChI=1S/C17H19N3O/c1-2-9-18-14-6-7-17-19-12-16(20(17)10-8-14)13-4-3-5-15(21)11-13/h3-7,11-12,21H,2,8-10H2,1H3. The maximum absolute atomic E-state index is 9.65. The molecule has 3 rings (SSSR count). The van der Waals surface area contributed by atoms with Gasteiger partial charge in [0.2, 0.25) is 0 Å². The van der Waals surface area contributed by atoms with E-state index < -0.39 is 0 Å². The van der Waals surface area contributed by atoms with E-state index in [4.69, 9.17) is 0 Å². The molecule has 0 bridgehead atoms. The van der Waals surface area contributed by atoms with Crippen molar-refractivity contribution in [3.05, 3.63) is 42.4 Å². The van der Waals surface area contributed by atoms with Crippen molar-refractivity contribution in [2.45, 2.75) is 26.3 Å². The van der Waals surface area contributed by atoms with Crippen molar-refractivity contribution in [3.63, 3.8) is 0 Å². The van der Waals surface area contributed by atoms with E-state index in [2.05, 4.69) is 27.5 Å². The van der Waals surface area contributed by atoms with E-state index in [1.54, 1.807) is 12.1 Å². The Labute approximate surface area is 124 Å². The number of allylic oxidation sites excluding steroid dienone is 1. The molecular formula is C17H19N3O. The first-order valence-corrected chi connectivity index (χ1v) is 7.34. The Morgan fingerprint density at radius 1 is 1.33 bits per heavy atom. The predicted molar refractivity (Wildman–Crippen MR) is 85.6 cm³/mol. The van der Waals surface area contributed by atoms with E-state index in [0.717, 1.165) is 48.7 Å². The Hall–Kier alpha value is -2.36. The predicted octanol–water partition coefficient (Wildman–Crippen LogP) is 3.52. The number of imidazole rings is 1. The van der Waals surface area contributed by atoms with Crippen LogP contribution in [0.3, 0.4) is 0 Å². The van der Waals surface area contributed by atoms with Gasteiger partial charge in [-0.2, -0.15) is 0 Å². The summed E-state index contributed by atoms with van der Waals surface area (Å²) in [4.78, 5) is 9.07. The molecule has 0 aliphatic carbocycles. The third-order valence-electron chi connectivity index (χ3n) is 3.58. The van der Waals surface area contributed by atoms with Crippen LogP contribution in [-0.4, -0.2) is 26.9 Å².